The molecular weight excluding hydrogens is 150 g/mol. The maximum Gasteiger partial charge on any atom is 0.0570 e. The minimum absolute atomic E-state index is 0.379. The predicted octanol–water partition coefficient (Wildman–Crippen LogP) is 1.90. The van der Waals surface area contributed by atoms with E-state index in [1.165, 1.54) is 0 Å². The van der Waals surface area contributed by atoms with E-state index in [0.717, 1.165) is 13.2 Å². The molecule has 2 unspecified atom stereocenters. The van der Waals surface area contributed by atoms with Crippen LogP contribution in [0.3, 0.4) is 0 Å². The Balaban J connectivity index is 3.40. The molecule has 0 saturated heterocycles. The molecular formula is C10H23NO. The summed E-state index contributed by atoms with van der Waals surface area (Å²) in [6.07, 6.45) is 0.379. The summed E-state index contributed by atoms with van der Waals surface area (Å²) >= 11 is 0. The first-order valence-corrected chi connectivity index (χ1v) is 4.84. The molecule has 0 aliphatic heterocycles. The van der Waals surface area contributed by atoms with E-state index in [4.69, 9.17) is 4.74 Å². The highest BCUT2D eigenvalue weighted by Gasteiger charge is 2.08. The van der Waals surface area contributed by atoms with Crippen molar-refractivity contribution in [3.63, 3.8) is 0 Å². The summed E-state index contributed by atoms with van der Waals surface area (Å²) in [4.78, 5) is 0. The van der Waals surface area contributed by atoms with Gasteiger partial charge < -0.3 is 10.1 Å². The van der Waals surface area contributed by atoms with Crippen LogP contribution >= 0.6 is 0 Å². The molecule has 2 atom stereocenters. The summed E-state index contributed by atoms with van der Waals surface area (Å²) in [5.74, 6) is 1.22. The average molecular weight is 173 g/mol. The average Bonchev–Trinajstić information content (AvgIpc) is 2.00. The summed E-state index contributed by atoms with van der Waals surface area (Å²) < 4.78 is 5.68. The van der Waals surface area contributed by atoms with Crippen LogP contribution in [0.25, 0.3) is 0 Å². The van der Waals surface area contributed by atoms with E-state index in [9.17, 15) is 0 Å². The Bertz CT molecular complexity index is 104. The van der Waals surface area contributed by atoms with Gasteiger partial charge in [-0.05, 0) is 32.4 Å². The van der Waals surface area contributed by atoms with Gasteiger partial charge in [-0.15, -0.1) is 0 Å². The van der Waals surface area contributed by atoms with Crippen molar-refractivity contribution >= 4 is 0 Å². The van der Waals surface area contributed by atoms with Crippen molar-refractivity contribution in [1.29, 1.82) is 0 Å². The second-order valence-electron chi connectivity index (χ2n) is 3.95. The molecule has 0 aliphatic carbocycles. The van der Waals surface area contributed by atoms with Gasteiger partial charge in [-0.3, -0.25) is 0 Å². The fourth-order valence-electron chi connectivity index (χ4n) is 0.916. The SMILES string of the molecule is CNCC(C)COC(C)C(C)C. The molecule has 2 heteroatoms. The third kappa shape index (κ3) is 5.56. The number of rotatable bonds is 6. The van der Waals surface area contributed by atoms with Gasteiger partial charge in [-0.2, -0.15) is 0 Å². The molecule has 0 rings (SSSR count). The van der Waals surface area contributed by atoms with Crippen LogP contribution in [0.15, 0.2) is 0 Å². The molecule has 0 aliphatic rings. The second kappa shape index (κ2) is 6.44. The third-order valence-corrected chi connectivity index (χ3v) is 2.14. The zero-order valence-electron chi connectivity index (χ0n) is 9.05. The highest BCUT2D eigenvalue weighted by Crippen LogP contribution is 2.06. The molecule has 1 N–H and O–H groups in total. The molecule has 12 heavy (non-hydrogen) atoms. The lowest BCUT2D eigenvalue weighted by Crippen LogP contribution is -2.24. The van der Waals surface area contributed by atoms with Crippen LogP contribution in [0.4, 0.5) is 0 Å². The minimum atomic E-state index is 0.379. The first kappa shape index (κ1) is 11.9. The molecule has 0 aromatic rings. The van der Waals surface area contributed by atoms with Gasteiger partial charge in [-0.25, -0.2) is 0 Å². The Morgan fingerprint density at radius 3 is 2.17 bits per heavy atom. The Kier molecular flexibility index (Phi) is 6.39. The molecule has 0 radical (unpaired) electrons. The zero-order valence-corrected chi connectivity index (χ0v) is 9.05. The Morgan fingerprint density at radius 1 is 1.17 bits per heavy atom. The molecule has 74 valence electrons. The minimum Gasteiger partial charge on any atom is -0.378 e. The number of ether oxygens (including phenoxy) is 1. The highest BCUT2D eigenvalue weighted by atomic mass is 16.5. The van der Waals surface area contributed by atoms with E-state index in [0.29, 0.717) is 17.9 Å². The molecule has 0 bridgehead atoms. The van der Waals surface area contributed by atoms with Crippen molar-refractivity contribution in [3.8, 4) is 0 Å². The summed E-state index contributed by atoms with van der Waals surface area (Å²) in [5, 5.41) is 3.14. The van der Waals surface area contributed by atoms with E-state index in [-0.39, 0.29) is 0 Å². The summed E-state index contributed by atoms with van der Waals surface area (Å²) in [6, 6.07) is 0. The van der Waals surface area contributed by atoms with Crippen molar-refractivity contribution in [2.75, 3.05) is 20.2 Å². The number of hydrogen-bond acceptors (Lipinski definition) is 2. The summed E-state index contributed by atoms with van der Waals surface area (Å²) in [6.45, 7) is 10.6. The first-order valence-electron chi connectivity index (χ1n) is 4.84. The van der Waals surface area contributed by atoms with E-state index in [1.807, 2.05) is 7.05 Å². The van der Waals surface area contributed by atoms with Gasteiger partial charge in [0.05, 0.1) is 12.7 Å². The van der Waals surface area contributed by atoms with Gasteiger partial charge in [0, 0.05) is 0 Å². The van der Waals surface area contributed by atoms with E-state index >= 15 is 0 Å². The van der Waals surface area contributed by atoms with Crippen molar-refractivity contribution in [2.24, 2.45) is 11.8 Å². The van der Waals surface area contributed by atoms with Crippen LogP contribution in [0.1, 0.15) is 27.7 Å². The monoisotopic (exact) mass is 173 g/mol. The summed E-state index contributed by atoms with van der Waals surface area (Å²) in [7, 11) is 1.97. The fourth-order valence-corrected chi connectivity index (χ4v) is 0.916. The van der Waals surface area contributed by atoms with Gasteiger partial charge in [0.1, 0.15) is 0 Å². The maximum absolute atomic E-state index is 5.68. The second-order valence-corrected chi connectivity index (χ2v) is 3.95. The first-order chi connectivity index (χ1) is 5.57. The molecule has 0 amide bonds. The fraction of sp³-hybridized carbons (Fsp3) is 1.00. The van der Waals surface area contributed by atoms with Crippen LogP contribution < -0.4 is 5.32 Å². The maximum atomic E-state index is 5.68. The van der Waals surface area contributed by atoms with E-state index < -0.39 is 0 Å². The van der Waals surface area contributed by atoms with Gasteiger partial charge >= 0.3 is 0 Å². The lowest BCUT2D eigenvalue weighted by molar-refractivity contribution is 0.0173. The lowest BCUT2D eigenvalue weighted by atomic mass is 10.1. The zero-order chi connectivity index (χ0) is 9.56. The number of hydrogen-bond donors (Lipinski definition) is 1. The summed E-state index contributed by atoms with van der Waals surface area (Å²) in [5.41, 5.74) is 0. The Labute approximate surface area is 76.7 Å². The van der Waals surface area contributed by atoms with Crippen molar-refractivity contribution in [1.82, 2.24) is 5.32 Å². The molecule has 0 aromatic carbocycles. The lowest BCUT2D eigenvalue weighted by Gasteiger charge is -2.19. The standard InChI is InChI=1S/C10H23NO/c1-8(2)10(4)12-7-9(3)6-11-5/h8-11H,6-7H2,1-5H3. The quantitative estimate of drug-likeness (QED) is 0.662. The van der Waals surface area contributed by atoms with Crippen LogP contribution in [0.2, 0.25) is 0 Å². The smallest absolute Gasteiger partial charge is 0.0570 e. The van der Waals surface area contributed by atoms with Crippen molar-refractivity contribution in [3.05, 3.63) is 0 Å². The molecule has 0 fully saturated rings. The van der Waals surface area contributed by atoms with Crippen LogP contribution in [0.5, 0.6) is 0 Å². The molecule has 2 nitrogen and oxygen atoms in total. The van der Waals surface area contributed by atoms with E-state index in [2.05, 4.69) is 33.0 Å². The Morgan fingerprint density at radius 2 is 1.75 bits per heavy atom. The van der Waals surface area contributed by atoms with Crippen LogP contribution in [0, 0.1) is 11.8 Å². The predicted molar refractivity (Wildman–Crippen MR) is 53.3 cm³/mol. The highest BCUT2D eigenvalue weighted by molar-refractivity contribution is 4.58. The topological polar surface area (TPSA) is 21.3 Å². The van der Waals surface area contributed by atoms with Gasteiger partial charge in [0.2, 0.25) is 0 Å². The third-order valence-electron chi connectivity index (χ3n) is 2.14. The largest absolute Gasteiger partial charge is 0.378 e. The van der Waals surface area contributed by atoms with Gasteiger partial charge in [-0.1, -0.05) is 20.8 Å². The normalized spacial score (nSPS) is 16.5. The number of nitrogens with one attached hydrogen (secondary N) is 1. The van der Waals surface area contributed by atoms with Crippen LogP contribution in [-0.4, -0.2) is 26.3 Å². The molecule has 0 spiro atoms. The van der Waals surface area contributed by atoms with Crippen LogP contribution in [-0.2, 0) is 4.74 Å². The van der Waals surface area contributed by atoms with Crippen molar-refractivity contribution < 1.29 is 4.74 Å². The van der Waals surface area contributed by atoms with Gasteiger partial charge in [0.15, 0.2) is 0 Å². The molecule has 0 aromatic heterocycles. The van der Waals surface area contributed by atoms with E-state index in [1.54, 1.807) is 0 Å². The Hall–Kier alpha value is -0.0800. The van der Waals surface area contributed by atoms with Crippen molar-refractivity contribution in [2.45, 2.75) is 33.8 Å². The van der Waals surface area contributed by atoms with Gasteiger partial charge in [0.25, 0.3) is 0 Å². The molecule has 0 saturated carbocycles. The molecule has 0 heterocycles.